The molecule has 39 heavy (non-hydrogen) atoms. The Hall–Kier alpha value is -4.19. The van der Waals surface area contributed by atoms with E-state index in [1.165, 1.54) is 0 Å². The van der Waals surface area contributed by atoms with Gasteiger partial charge in [-0.15, -0.1) is 0 Å². The third kappa shape index (κ3) is 2.89. The monoisotopic (exact) mass is 532 g/mol. The van der Waals surface area contributed by atoms with Gasteiger partial charge in [0.1, 0.15) is 11.5 Å². The Morgan fingerprint density at radius 3 is 1.51 bits per heavy atom. The molecule has 3 aliphatic rings. The molecule has 6 heteroatoms. The Balaban J connectivity index is 1.59. The number of hydrogen-bond donors (Lipinski definition) is 0. The molecule has 4 aromatic carbocycles. The van der Waals surface area contributed by atoms with Crippen LogP contribution in [0, 0.1) is 12.3 Å². The van der Waals surface area contributed by atoms with Crippen molar-refractivity contribution in [3.05, 3.63) is 141 Å². The van der Waals surface area contributed by atoms with Crippen molar-refractivity contribution >= 4 is 34.7 Å². The molecule has 2 atom stereocenters. The highest BCUT2D eigenvalue weighted by molar-refractivity contribution is 6.37. The first-order chi connectivity index (χ1) is 18.8. The van der Waals surface area contributed by atoms with Crippen molar-refractivity contribution in [3.8, 4) is 0 Å². The van der Waals surface area contributed by atoms with Crippen LogP contribution < -0.4 is 0 Å². The third-order valence-electron chi connectivity index (χ3n) is 8.42. The number of ether oxygens (including phenoxy) is 1. The van der Waals surface area contributed by atoms with Crippen molar-refractivity contribution in [1.82, 2.24) is 0 Å². The van der Waals surface area contributed by atoms with Crippen LogP contribution in [0.4, 0.5) is 0 Å². The summed E-state index contributed by atoms with van der Waals surface area (Å²) in [6, 6.07) is 27.1. The molecular formula is C33H21ClO5. The Bertz CT molecular complexity index is 1660. The minimum absolute atomic E-state index is 0.224. The van der Waals surface area contributed by atoms with Crippen LogP contribution in [0.1, 0.15) is 70.1 Å². The van der Waals surface area contributed by atoms with Crippen LogP contribution in [0.2, 0.25) is 5.02 Å². The molecule has 0 radical (unpaired) electrons. The van der Waals surface area contributed by atoms with Crippen molar-refractivity contribution in [2.75, 3.05) is 0 Å². The molecule has 0 unspecified atom stereocenters. The predicted molar refractivity (Wildman–Crippen MR) is 145 cm³/mol. The number of hydrogen-bond acceptors (Lipinski definition) is 5. The van der Waals surface area contributed by atoms with E-state index in [0.717, 1.165) is 5.56 Å². The molecule has 4 aromatic rings. The SMILES string of the molecule is Cc1ccc([C@@H]2C3(O[C@@H](c4ccc(Cl)cc4)C24C(=O)c2ccccc2C4=O)C(=O)c2ccccc2C3=O)cc1. The van der Waals surface area contributed by atoms with Gasteiger partial charge in [-0.1, -0.05) is 102 Å². The summed E-state index contributed by atoms with van der Waals surface area (Å²) in [7, 11) is 0. The second-order valence-corrected chi connectivity index (χ2v) is 10.8. The molecule has 1 heterocycles. The lowest BCUT2D eigenvalue weighted by Gasteiger charge is -2.34. The summed E-state index contributed by atoms with van der Waals surface area (Å²) >= 11 is 6.18. The smallest absolute Gasteiger partial charge is 0.204 e. The van der Waals surface area contributed by atoms with E-state index in [1.807, 2.05) is 19.1 Å². The van der Waals surface area contributed by atoms with Crippen LogP contribution in [0.15, 0.2) is 97.1 Å². The number of ketones is 4. The zero-order valence-electron chi connectivity index (χ0n) is 20.8. The molecule has 190 valence electrons. The van der Waals surface area contributed by atoms with Crippen LogP contribution in [0.5, 0.6) is 0 Å². The van der Waals surface area contributed by atoms with Gasteiger partial charge in [0.15, 0.2) is 11.6 Å². The highest BCUT2D eigenvalue weighted by atomic mass is 35.5. The molecule has 1 fully saturated rings. The van der Waals surface area contributed by atoms with Crippen LogP contribution in [-0.4, -0.2) is 28.7 Å². The lowest BCUT2D eigenvalue weighted by molar-refractivity contribution is -0.0210. The van der Waals surface area contributed by atoms with Gasteiger partial charge in [0.25, 0.3) is 0 Å². The van der Waals surface area contributed by atoms with E-state index in [9.17, 15) is 19.2 Å². The summed E-state index contributed by atoms with van der Waals surface area (Å²) in [5.74, 6) is -3.20. The predicted octanol–water partition coefficient (Wildman–Crippen LogP) is 6.39. The van der Waals surface area contributed by atoms with E-state index in [2.05, 4.69) is 0 Å². The van der Waals surface area contributed by atoms with E-state index in [1.54, 1.807) is 84.9 Å². The van der Waals surface area contributed by atoms with Crippen molar-refractivity contribution in [2.45, 2.75) is 24.5 Å². The topological polar surface area (TPSA) is 77.5 Å². The van der Waals surface area contributed by atoms with E-state index >= 15 is 0 Å². The normalized spacial score (nSPS) is 22.1. The zero-order valence-corrected chi connectivity index (χ0v) is 21.6. The molecular weight excluding hydrogens is 512 g/mol. The van der Waals surface area contributed by atoms with E-state index in [0.29, 0.717) is 16.1 Å². The number of Topliss-reactive ketones (excluding diaryl/α,β-unsaturated/α-hetero) is 4. The fourth-order valence-electron chi connectivity index (χ4n) is 6.72. The van der Waals surface area contributed by atoms with Gasteiger partial charge in [-0.25, -0.2) is 0 Å². The lowest BCUT2D eigenvalue weighted by atomic mass is 9.60. The third-order valence-corrected chi connectivity index (χ3v) is 8.67. The van der Waals surface area contributed by atoms with Gasteiger partial charge in [0.2, 0.25) is 17.2 Å². The van der Waals surface area contributed by atoms with Gasteiger partial charge in [-0.3, -0.25) is 19.2 Å². The largest absolute Gasteiger partial charge is 0.348 e. The molecule has 2 aliphatic carbocycles. The molecule has 0 bridgehead atoms. The van der Waals surface area contributed by atoms with Crippen molar-refractivity contribution in [2.24, 2.45) is 5.41 Å². The highest BCUT2D eigenvalue weighted by Crippen LogP contribution is 2.67. The summed E-state index contributed by atoms with van der Waals surface area (Å²) in [6.07, 6.45) is -1.21. The average Bonchev–Trinajstić information content (AvgIpc) is 3.48. The second kappa shape index (κ2) is 8.15. The maximum absolute atomic E-state index is 14.6. The Morgan fingerprint density at radius 2 is 1.03 bits per heavy atom. The van der Waals surface area contributed by atoms with Crippen LogP contribution in [0.3, 0.4) is 0 Å². The minimum Gasteiger partial charge on any atom is -0.348 e. The number of aryl methyl sites for hydroxylation is 1. The lowest BCUT2D eigenvalue weighted by Crippen LogP contribution is -2.51. The fourth-order valence-corrected chi connectivity index (χ4v) is 6.85. The van der Waals surface area contributed by atoms with Crippen molar-refractivity contribution in [3.63, 3.8) is 0 Å². The van der Waals surface area contributed by atoms with Crippen LogP contribution in [0.25, 0.3) is 0 Å². The summed E-state index contributed by atoms with van der Waals surface area (Å²) in [5, 5.41) is 0.461. The number of benzene rings is 4. The Morgan fingerprint density at radius 1 is 0.590 bits per heavy atom. The van der Waals surface area contributed by atoms with Crippen LogP contribution >= 0.6 is 11.6 Å². The average molecular weight is 533 g/mol. The maximum Gasteiger partial charge on any atom is 0.204 e. The molecule has 0 amide bonds. The first-order valence-electron chi connectivity index (χ1n) is 12.7. The number of rotatable bonds is 2. The number of carbonyl (C=O) groups is 4. The van der Waals surface area contributed by atoms with Crippen molar-refractivity contribution < 1.29 is 23.9 Å². The molecule has 7 rings (SSSR count). The maximum atomic E-state index is 14.6. The van der Waals surface area contributed by atoms with E-state index < -0.39 is 46.2 Å². The van der Waals surface area contributed by atoms with Gasteiger partial charge in [-0.05, 0) is 30.2 Å². The standard InChI is InChI=1S/C33H21ClO5/c1-18-10-12-19(13-11-18)26-32(27(35)22-6-2-3-7-23(22)28(32)36)31(20-14-16-21(34)17-15-20)39-33(26)29(37)24-8-4-5-9-25(24)30(33)38/h2-17,26,31H,1H3/t26-,31-/m0/s1. The first-order valence-corrected chi connectivity index (χ1v) is 13.1. The van der Waals surface area contributed by atoms with Crippen LogP contribution in [-0.2, 0) is 4.74 Å². The second-order valence-electron chi connectivity index (χ2n) is 10.4. The molecule has 0 saturated carbocycles. The van der Waals surface area contributed by atoms with Gasteiger partial charge in [0.05, 0.1) is 5.92 Å². The summed E-state index contributed by atoms with van der Waals surface area (Å²) in [5.41, 5.74) is -1.07. The minimum atomic E-state index is -2.10. The van der Waals surface area contributed by atoms with E-state index in [-0.39, 0.29) is 22.3 Å². The van der Waals surface area contributed by atoms with Gasteiger partial charge < -0.3 is 4.74 Å². The Kier molecular flexibility index (Phi) is 5.00. The number of fused-ring (bicyclic) bond motifs is 2. The summed E-state index contributed by atoms with van der Waals surface area (Å²) in [6.45, 7) is 1.92. The fraction of sp³-hybridized carbons (Fsp3) is 0.152. The first kappa shape index (κ1) is 23.9. The molecule has 1 aliphatic heterocycles. The molecule has 1 saturated heterocycles. The number of halogens is 1. The van der Waals surface area contributed by atoms with Crippen molar-refractivity contribution in [1.29, 1.82) is 0 Å². The Labute approximate surface area is 229 Å². The molecule has 2 spiro atoms. The van der Waals surface area contributed by atoms with Gasteiger partial charge >= 0.3 is 0 Å². The van der Waals surface area contributed by atoms with Gasteiger partial charge in [0, 0.05) is 27.3 Å². The number of carbonyl (C=O) groups excluding carboxylic acids is 4. The zero-order chi connectivity index (χ0) is 27.1. The summed E-state index contributed by atoms with van der Waals surface area (Å²) < 4.78 is 6.67. The van der Waals surface area contributed by atoms with Gasteiger partial charge in [-0.2, -0.15) is 0 Å². The summed E-state index contributed by atoms with van der Waals surface area (Å²) in [4.78, 5) is 57.9. The molecule has 5 nitrogen and oxygen atoms in total. The highest BCUT2D eigenvalue weighted by Gasteiger charge is 2.79. The quantitative estimate of drug-likeness (QED) is 0.280. The molecule has 0 aromatic heterocycles. The molecule has 0 N–H and O–H groups in total. The van der Waals surface area contributed by atoms with E-state index in [4.69, 9.17) is 16.3 Å².